The molecule has 0 fully saturated rings. The summed E-state index contributed by atoms with van der Waals surface area (Å²) in [6, 6.07) is 13.2. The molecular formula is C19H23N3O4S2. The lowest BCUT2D eigenvalue weighted by Crippen LogP contribution is -2.30. The van der Waals surface area contributed by atoms with Crippen molar-refractivity contribution >= 4 is 20.0 Å². The summed E-state index contributed by atoms with van der Waals surface area (Å²) >= 11 is 0. The number of rotatable bonds is 8. The van der Waals surface area contributed by atoms with E-state index in [2.05, 4.69) is 4.72 Å². The lowest BCUT2D eigenvalue weighted by atomic mass is 10.1. The summed E-state index contributed by atoms with van der Waals surface area (Å²) in [5, 5.41) is 8.94. The molecule has 28 heavy (non-hydrogen) atoms. The van der Waals surface area contributed by atoms with Gasteiger partial charge < -0.3 is 0 Å². The van der Waals surface area contributed by atoms with Crippen LogP contribution in [0.1, 0.15) is 37.9 Å². The van der Waals surface area contributed by atoms with E-state index in [0.717, 1.165) is 0 Å². The molecule has 1 atom stereocenters. The van der Waals surface area contributed by atoms with Crippen molar-refractivity contribution in [2.45, 2.75) is 36.6 Å². The number of nitrogens with zero attached hydrogens (tertiary/aromatic N) is 2. The van der Waals surface area contributed by atoms with E-state index in [1.165, 1.54) is 40.7 Å². The first-order valence-corrected chi connectivity index (χ1v) is 11.7. The van der Waals surface area contributed by atoms with Crippen molar-refractivity contribution < 1.29 is 16.8 Å². The molecule has 0 amide bonds. The molecule has 2 aromatic carbocycles. The standard InChI is InChI=1S/C19H23N3O4S2/c1-4-22(5-2)28(25,26)18-11-9-17(10-12-18)15(3)21-27(23,24)19-8-6-7-16(13-19)14-20/h6-13,15,21H,4-5H2,1-3H3/t15-/m0/s1. The van der Waals surface area contributed by atoms with Crippen molar-refractivity contribution in [1.29, 1.82) is 5.26 Å². The smallest absolute Gasteiger partial charge is 0.207 e. The van der Waals surface area contributed by atoms with Crippen molar-refractivity contribution in [2.75, 3.05) is 13.1 Å². The maximum atomic E-state index is 12.6. The van der Waals surface area contributed by atoms with Crippen LogP contribution < -0.4 is 4.72 Å². The lowest BCUT2D eigenvalue weighted by molar-refractivity contribution is 0.445. The lowest BCUT2D eigenvalue weighted by Gasteiger charge is -2.19. The molecule has 2 aromatic rings. The van der Waals surface area contributed by atoms with Gasteiger partial charge in [-0.3, -0.25) is 0 Å². The normalized spacial score (nSPS) is 13.2. The van der Waals surface area contributed by atoms with Crippen LogP contribution in [0, 0.1) is 11.3 Å². The Kier molecular flexibility index (Phi) is 6.96. The van der Waals surface area contributed by atoms with Gasteiger partial charge in [-0.15, -0.1) is 0 Å². The fraction of sp³-hybridized carbons (Fsp3) is 0.316. The molecule has 0 bridgehead atoms. The van der Waals surface area contributed by atoms with E-state index in [1.54, 1.807) is 32.9 Å². The third kappa shape index (κ3) is 4.77. The second-order valence-corrected chi connectivity index (χ2v) is 9.79. The Morgan fingerprint density at radius 1 is 1.00 bits per heavy atom. The van der Waals surface area contributed by atoms with Gasteiger partial charge in [0.15, 0.2) is 0 Å². The van der Waals surface area contributed by atoms with Gasteiger partial charge in [0, 0.05) is 19.1 Å². The fourth-order valence-electron chi connectivity index (χ4n) is 2.74. The molecule has 1 N–H and O–H groups in total. The molecule has 0 saturated carbocycles. The summed E-state index contributed by atoms with van der Waals surface area (Å²) in [5.41, 5.74) is 0.875. The van der Waals surface area contributed by atoms with Crippen LogP contribution in [0.5, 0.6) is 0 Å². The summed E-state index contributed by atoms with van der Waals surface area (Å²) in [6.07, 6.45) is 0. The molecule has 0 aromatic heterocycles. The topological polar surface area (TPSA) is 107 Å². The molecule has 0 radical (unpaired) electrons. The minimum Gasteiger partial charge on any atom is -0.207 e. The van der Waals surface area contributed by atoms with Crippen LogP contribution in [-0.2, 0) is 20.0 Å². The van der Waals surface area contributed by atoms with Gasteiger partial charge >= 0.3 is 0 Å². The molecule has 9 heteroatoms. The van der Waals surface area contributed by atoms with E-state index >= 15 is 0 Å². The average molecular weight is 422 g/mol. The molecule has 0 saturated heterocycles. The molecule has 7 nitrogen and oxygen atoms in total. The molecule has 0 aliphatic rings. The summed E-state index contributed by atoms with van der Waals surface area (Å²) in [6.45, 7) is 5.96. The number of nitriles is 1. The zero-order chi connectivity index (χ0) is 20.9. The van der Waals surface area contributed by atoms with Gasteiger partial charge in [-0.25, -0.2) is 21.6 Å². The SMILES string of the molecule is CCN(CC)S(=O)(=O)c1ccc([C@H](C)NS(=O)(=O)c2cccc(C#N)c2)cc1. The van der Waals surface area contributed by atoms with Gasteiger partial charge in [0.1, 0.15) is 0 Å². The second-order valence-electron chi connectivity index (χ2n) is 6.14. The van der Waals surface area contributed by atoms with Crippen molar-refractivity contribution in [2.24, 2.45) is 0 Å². The van der Waals surface area contributed by atoms with Crippen LogP contribution in [0.25, 0.3) is 0 Å². The highest BCUT2D eigenvalue weighted by molar-refractivity contribution is 7.89. The highest BCUT2D eigenvalue weighted by atomic mass is 32.2. The van der Waals surface area contributed by atoms with Gasteiger partial charge in [-0.05, 0) is 42.8 Å². The summed E-state index contributed by atoms with van der Waals surface area (Å²) in [4.78, 5) is 0.163. The maximum Gasteiger partial charge on any atom is 0.243 e. The quantitative estimate of drug-likeness (QED) is 0.705. The predicted molar refractivity (Wildman–Crippen MR) is 106 cm³/mol. The Hall–Kier alpha value is -2.25. The monoisotopic (exact) mass is 421 g/mol. The van der Waals surface area contributed by atoms with Gasteiger partial charge in [0.25, 0.3) is 0 Å². The van der Waals surface area contributed by atoms with E-state index in [9.17, 15) is 16.8 Å². The third-order valence-electron chi connectivity index (χ3n) is 4.33. The summed E-state index contributed by atoms with van der Waals surface area (Å²) in [7, 11) is -7.39. The Balaban J connectivity index is 2.23. The molecule has 0 aliphatic carbocycles. The number of hydrogen-bond acceptors (Lipinski definition) is 5. The largest absolute Gasteiger partial charge is 0.243 e. The zero-order valence-corrected chi connectivity index (χ0v) is 17.6. The Morgan fingerprint density at radius 3 is 2.14 bits per heavy atom. The van der Waals surface area contributed by atoms with E-state index in [-0.39, 0.29) is 15.4 Å². The van der Waals surface area contributed by atoms with Crippen LogP contribution in [0.3, 0.4) is 0 Å². The van der Waals surface area contributed by atoms with Gasteiger partial charge in [0.2, 0.25) is 20.0 Å². The molecule has 2 rings (SSSR count). The minimum atomic E-state index is -3.83. The van der Waals surface area contributed by atoms with Gasteiger partial charge in [-0.2, -0.15) is 9.57 Å². The van der Waals surface area contributed by atoms with Crippen LogP contribution in [0.4, 0.5) is 0 Å². The van der Waals surface area contributed by atoms with Gasteiger partial charge in [-0.1, -0.05) is 32.0 Å². The molecular weight excluding hydrogens is 398 g/mol. The van der Waals surface area contributed by atoms with E-state index in [4.69, 9.17) is 5.26 Å². The summed E-state index contributed by atoms with van der Waals surface area (Å²) in [5.74, 6) is 0. The van der Waals surface area contributed by atoms with E-state index < -0.39 is 26.1 Å². The van der Waals surface area contributed by atoms with Crippen LogP contribution in [0.2, 0.25) is 0 Å². The highest BCUT2D eigenvalue weighted by Crippen LogP contribution is 2.21. The minimum absolute atomic E-state index is 0.000804. The predicted octanol–water partition coefficient (Wildman–Crippen LogP) is 2.63. The molecule has 0 unspecified atom stereocenters. The van der Waals surface area contributed by atoms with Crippen molar-refractivity contribution in [3.8, 4) is 6.07 Å². The van der Waals surface area contributed by atoms with Crippen molar-refractivity contribution in [3.05, 3.63) is 59.7 Å². The highest BCUT2D eigenvalue weighted by Gasteiger charge is 2.23. The van der Waals surface area contributed by atoms with E-state index in [1.807, 2.05) is 6.07 Å². The Labute approximate surface area is 166 Å². The van der Waals surface area contributed by atoms with Crippen LogP contribution in [-0.4, -0.2) is 34.2 Å². The first-order chi connectivity index (χ1) is 13.2. The fourth-order valence-corrected chi connectivity index (χ4v) is 5.48. The number of nitrogens with one attached hydrogen (secondary N) is 1. The zero-order valence-electron chi connectivity index (χ0n) is 16.0. The summed E-state index contributed by atoms with van der Waals surface area (Å²) < 4.78 is 54.1. The van der Waals surface area contributed by atoms with Crippen LogP contribution in [0.15, 0.2) is 58.3 Å². The first kappa shape index (κ1) is 22.0. The Bertz CT molecular complexity index is 1070. The number of sulfonamides is 2. The van der Waals surface area contributed by atoms with Crippen molar-refractivity contribution in [1.82, 2.24) is 9.03 Å². The van der Waals surface area contributed by atoms with Crippen LogP contribution >= 0.6 is 0 Å². The molecule has 0 aliphatic heterocycles. The molecule has 150 valence electrons. The third-order valence-corrected chi connectivity index (χ3v) is 7.93. The van der Waals surface area contributed by atoms with Gasteiger partial charge in [0.05, 0.1) is 21.4 Å². The second kappa shape index (κ2) is 8.84. The first-order valence-electron chi connectivity index (χ1n) is 8.78. The average Bonchev–Trinajstić information content (AvgIpc) is 2.68. The molecule has 0 spiro atoms. The number of hydrogen-bond donors (Lipinski definition) is 1. The Morgan fingerprint density at radius 2 is 1.61 bits per heavy atom. The van der Waals surface area contributed by atoms with E-state index in [0.29, 0.717) is 18.7 Å². The maximum absolute atomic E-state index is 12.6. The number of benzene rings is 2. The molecule has 0 heterocycles. The van der Waals surface area contributed by atoms with Crippen molar-refractivity contribution in [3.63, 3.8) is 0 Å².